The van der Waals surface area contributed by atoms with Crippen molar-refractivity contribution < 1.29 is 9.59 Å². The van der Waals surface area contributed by atoms with Crippen molar-refractivity contribution in [1.29, 1.82) is 0 Å². The lowest BCUT2D eigenvalue weighted by molar-refractivity contribution is -0.136. The van der Waals surface area contributed by atoms with Crippen LogP contribution in [0.15, 0.2) is 0 Å². The average molecular weight is 272 g/mol. The van der Waals surface area contributed by atoms with Gasteiger partial charge in [-0.2, -0.15) is 12.6 Å². The number of hydrogen-bond donors (Lipinski definition) is 2. The molecular formula is C13H24N2O2S. The third-order valence-electron chi connectivity index (χ3n) is 3.08. The van der Waals surface area contributed by atoms with Crippen molar-refractivity contribution in [3.05, 3.63) is 0 Å². The molecule has 0 aromatic heterocycles. The summed E-state index contributed by atoms with van der Waals surface area (Å²) in [6.07, 6.45) is 3.17. The Kier molecular flexibility index (Phi) is 5.99. The molecule has 0 radical (unpaired) electrons. The SMILES string of the molecule is CC(=O)NC(CS)C(=O)N(CCC(C)C)C1CC1. The molecular weight excluding hydrogens is 248 g/mol. The molecule has 0 saturated heterocycles. The van der Waals surface area contributed by atoms with Gasteiger partial charge < -0.3 is 10.2 Å². The molecule has 1 atom stereocenters. The van der Waals surface area contributed by atoms with Crippen LogP contribution in [0.3, 0.4) is 0 Å². The zero-order valence-electron chi connectivity index (χ0n) is 11.5. The highest BCUT2D eigenvalue weighted by Gasteiger charge is 2.35. The van der Waals surface area contributed by atoms with Crippen molar-refractivity contribution in [2.24, 2.45) is 5.92 Å². The lowest BCUT2D eigenvalue weighted by Crippen LogP contribution is -2.50. The second-order valence-corrected chi connectivity index (χ2v) is 5.75. The van der Waals surface area contributed by atoms with Crippen LogP contribution in [-0.4, -0.2) is 41.1 Å². The summed E-state index contributed by atoms with van der Waals surface area (Å²) in [6.45, 7) is 6.52. The second kappa shape index (κ2) is 7.02. The maximum Gasteiger partial charge on any atom is 0.246 e. The molecule has 0 aromatic carbocycles. The minimum absolute atomic E-state index is 0.0170. The number of carbonyl (C=O) groups excluding carboxylic acids is 2. The average Bonchev–Trinajstić information content (AvgIpc) is 3.09. The minimum Gasteiger partial charge on any atom is -0.344 e. The van der Waals surface area contributed by atoms with Crippen molar-refractivity contribution >= 4 is 24.4 Å². The number of rotatable bonds is 7. The summed E-state index contributed by atoms with van der Waals surface area (Å²) in [5, 5.41) is 2.67. The molecule has 1 N–H and O–H groups in total. The van der Waals surface area contributed by atoms with E-state index >= 15 is 0 Å². The fourth-order valence-electron chi connectivity index (χ4n) is 1.89. The van der Waals surface area contributed by atoms with E-state index in [1.807, 2.05) is 4.90 Å². The molecule has 1 unspecified atom stereocenters. The Labute approximate surface area is 115 Å². The second-order valence-electron chi connectivity index (χ2n) is 5.38. The summed E-state index contributed by atoms with van der Waals surface area (Å²) in [7, 11) is 0. The van der Waals surface area contributed by atoms with E-state index in [1.54, 1.807) is 0 Å². The van der Waals surface area contributed by atoms with Gasteiger partial charge in [-0.3, -0.25) is 9.59 Å². The standard InChI is InChI=1S/C13H24N2O2S/c1-9(2)6-7-15(11-4-5-11)13(17)12(8-18)14-10(3)16/h9,11-12,18H,4-8H2,1-3H3,(H,14,16). The van der Waals surface area contributed by atoms with Crippen molar-refractivity contribution in [3.8, 4) is 0 Å². The Hall–Kier alpha value is -0.710. The molecule has 1 rings (SSSR count). The van der Waals surface area contributed by atoms with E-state index in [2.05, 4.69) is 31.8 Å². The lowest BCUT2D eigenvalue weighted by atomic mass is 10.1. The molecule has 5 heteroatoms. The Balaban J connectivity index is 2.59. The normalized spacial score (nSPS) is 16.5. The van der Waals surface area contributed by atoms with Gasteiger partial charge in [0.2, 0.25) is 11.8 Å². The lowest BCUT2D eigenvalue weighted by Gasteiger charge is -2.27. The quantitative estimate of drug-likeness (QED) is 0.689. The smallest absolute Gasteiger partial charge is 0.246 e. The Morgan fingerprint density at radius 3 is 2.39 bits per heavy atom. The fraction of sp³-hybridized carbons (Fsp3) is 0.846. The van der Waals surface area contributed by atoms with Gasteiger partial charge >= 0.3 is 0 Å². The number of nitrogens with one attached hydrogen (secondary N) is 1. The van der Waals surface area contributed by atoms with E-state index < -0.39 is 6.04 Å². The molecule has 0 heterocycles. The third-order valence-corrected chi connectivity index (χ3v) is 3.44. The number of amides is 2. The molecule has 4 nitrogen and oxygen atoms in total. The predicted molar refractivity (Wildman–Crippen MR) is 75.6 cm³/mol. The largest absolute Gasteiger partial charge is 0.344 e. The van der Waals surface area contributed by atoms with Gasteiger partial charge in [-0.25, -0.2) is 0 Å². The molecule has 1 saturated carbocycles. The maximum absolute atomic E-state index is 12.4. The fourth-order valence-corrected chi connectivity index (χ4v) is 2.13. The Bertz CT molecular complexity index is 303. The van der Waals surface area contributed by atoms with Crippen LogP contribution in [0.5, 0.6) is 0 Å². The van der Waals surface area contributed by atoms with E-state index in [0.717, 1.165) is 25.8 Å². The van der Waals surface area contributed by atoms with Crippen molar-refractivity contribution in [2.45, 2.75) is 52.1 Å². The van der Waals surface area contributed by atoms with Crippen LogP contribution in [0.1, 0.15) is 40.0 Å². The van der Waals surface area contributed by atoms with Gasteiger partial charge in [0.05, 0.1) is 0 Å². The van der Waals surface area contributed by atoms with Gasteiger partial charge in [-0.1, -0.05) is 13.8 Å². The number of thiol groups is 1. The van der Waals surface area contributed by atoms with E-state index in [1.165, 1.54) is 6.92 Å². The highest BCUT2D eigenvalue weighted by atomic mass is 32.1. The topological polar surface area (TPSA) is 49.4 Å². The van der Waals surface area contributed by atoms with Gasteiger partial charge in [0.1, 0.15) is 6.04 Å². The van der Waals surface area contributed by atoms with E-state index in [0.29, 0.717) is 17.7 Å². The monoisotopic (exact) mass is 272 g/mol. The summed E-state index contributed by atoms with van der Waals surface area (Å²) in [6, 6.07) is -0.106. The van der Waals surface area contributed by atoms with Gasteiger partial charge in [0.25, 0.3) is 0 Å². The molecule has 0 bridgehead atoms. The Morgan fingerprint density at radius 1 is 1.39 bits per heavy atom. The van der Waals surface area contributed by atoms with Crippen LogP contribution in [-0.2, 0) is 9.59 Å². The van der Waals surface area contributed by atoms with Crippen molar-refractivity contribution in [3.63, 3.8) is 0 Å². The van der Waals surface area contributed by atoms with Crippen LogP contribution in [0, 0.1) is 5.92 Å². The van der Waals surface area contributed by atoms with E-state index in [4.69, 9.17) is 0 Å². The zero-order valence-corrected chi connectivity index (χ0v) is 12.4. The number of carbonyl (C=O) groups is 2. The zero-order chi connectivity index (χ0) is 13.7. The molecule has 18 heavy (non-hydrogen) atoms. The van der Waals surface area contributed by atoms with E-state index in [-0.39, 0.29) is 11.8 Å². The first kappa shape index (κ1) is 15.3. The molecule has 1 aliphatic carbocycles. The molecule has 0 aromatic rings. The van der Waals surface area contributed by atoms with E-state index in [9.17, 15) is 9.59 Å². The van der Waals surface area contributed by atoms with Crippen molar-refractivity contribution in [2.75, 3.05) is 12.3 Å². The highest BCUT2D eigenvalue weighted by Crippen LogP contribution is 2.28. The Morgan fingerprint density at radius 2 is 2.00 bits per heavy atom. The molecule has 1 aliphatic rings. The number of hydrogen-bond acceptors (Lipinski definition) is 3. The molecule has 2 amide bonds. The first-order valence-corrected chi connectivity index (χ1v) is 7.27. The molecule has 0 aliphatic heterocycles. The molecule has 0 spiro atoms. The van der Waals surface area contributed by atoms with Crippen LogP contribution in [0.4, 0.5) is 0 Å². The van der Waals surface area contributed by atoms with Crippen molar-refractivity contribution in [1.82, 2.24) is 10.2 Å². The summed E-state index contributed by atoms with van der Waals surface area (Å²) >= 11 is 4.16. The summed E-state index contributed by atoms with van der Waals surface area (Å²) in [5.41, 5.74) is 0. The van der Waals surface area contributed by atoms with Gasteiger partial charge in [-0.05, 0) is 25.2 Å². The summed E-state index contributed by atoms with van der Waals surface area (Å²) in [4.78, 5) is 25.4. The summed E-state index contributed by atoms with van der Waals surface area (Å²) < 4.78 is 0. The van der Waals surface area contributed by atoms with Crippen LogP contribution < -0.4 is 5.32 Å². The molecule has 104 valence electrons. The maximum atomic E-state index is 12.4. The molecule has 1 fully saturated rings. The van der Waals surface area contributed by atoms with Crippen LogP contribution >= 0.6 is 12.6 Å². The van der Waals surface area contributed by atoms with Gasteiger partial charge in [0.15, 0.2) is 0 Å². The van der Waals surface area contributed by atoms with Gasteiger partial charge in [-0.15, -0.1) is 0 Å². The minimum atomic E-state index is -0.487. The highest BCUT2D eigenvalue weighted by molar-refractivity contribution is 7.80. The number of nitrogens with zero attached hydrogens (tertiary/aromatic N) is 1. The third kappa shape index (κ3) is 4.88. The van der Waals surface area contributed by atoms with Crippen LogP contribution in [0.25, 0.3) is 0 Å². The first-order valence-electron chi connectivity index (χ1n) is 6.64. The first-order chi connectivity index (χ1) is 8.45. The van der Waals surface area contributed by atoms with Crippen LogP contribution in [0.2, 0.25) is 0 Å². The summed E-state index contributed by atoms with van der Waals surface area (Å²) in [5.74, 6) is 0.767. The van der Waals surface area contributed by atoms with Gasteiger partial charge in [0, 0.05) is 25.3 Å². The predicted octanol–water partition coefficient (Wildman–Crippen LogP) is 1.46.